The number of anilines is 1. The number of amides is 2. The lowest BCUT2D eigenvalue weighted by atomic mass is 10.3. The average molecular weight is 305 g/mol. The van der Waals surface area contributed by atoms with E-state index in [0.29, 0.717) is 28.8 Å². The van der Waals surface area contributed by atoms with Gasteiger partial charge in [-0.25, -0.2) is 4.79 Å². The van der Waals surface area contributed by atoms with Gasteiger partial charge in [0, 0.05) is 11.6 Å². The van der Waals surface area contributed by atoms with Gasteiger partial charge in [-0.1, -0.05) is 36.7 Å². The fourth-order valence-electron chi connectivity index (χ4n) is 1.71. The van der Waals surface area contributed by atoms with Crippen molar-refractivity contribution >= 4 is 23.3 Å². The predicted octanol–water partition coefficient (Wildman–Crippen LogP) is 4.66. The maximum atomic E-state index is 11.8. The average Bonchev–Trinajstić information content (AvgIpc) is 2.49. The van der Waals surface area contributed by atoms with Crippen molar-refractivity contribution in [1.29, 1.82) is 0 Å². The number of carbonyl (C=O) groups excluding carboxylic acids is 1. The van der Waals surface area contributed by atoms with E-state index in [0.717, 1.165) is 6.42 Å². The van der Waals surface area contributed by atoms with Gasteiger partial charge in [-0.3, -0.25) is 0 Å². The molecule has 2 rings (SSSR count). The summed E-state index contributed by atoms with van der Waals surface area (Å²) in [5, 5.41) is 6.02. The molecule has 0 fully saturated rings. The van der Waals surface area contributed by atoms with Crippen LogP contribution >= 0.6 is 11.6 Å². The van der Waals surface area contributed by atoms with Crippen LogP contribution in [0.4, 0.5) is 10.5 Å². The number of benzene rings is 2. The van der Waals surface area contributed by atoms with E-state index in [1.807, 2.05) is 37.3 Å². The highest BCUT2D eigenvalue weighted by Gasteiger charge is 2.09. The smallest absolute Gasteiger partial charge is 0.319 e. The summed E-state index contributed by atoms with van der Waals surface area (Å²) < 4.78 is 5.77. The van der Waals surface area contributed by atoms with Crippen molar-refractivity contribution in [3.63, 3.8) is 0 Å². The highest BCUT2D eigenvalue weighted by Crippen LogP contribution is 2.31. The molecule has 0 bridgehead atoms. The number of ether oxygens (including phenoxy) is 1. The molecule has 0 spiro atoms. The summed E-state index contributed by atoms with van der Waals surface area (Å²) in [7, 11) is 0. The summed E-state index contributed by atoms with van der Waals surface area (Å²) in [6.07, 6.45) is 0.871. The van der Waals surface area contributed by atoms with Gasteiger partial charge in [0.2, 0.25) is 0 Å². The fraction of sp³-hybridized carbons (Fsp3) is 0.188. The quantitative estimate of drug-likeness (QED) is 0.843. The summed E-state index contributed by atoms with van der Waals surface area (Å²) >= 11 is 5.98. The number of nitrogens with one attached hydrogen (secondary N) is 2. The van der Waals surface area contributed by atoms with E-state index in [2.05, 4.69) is 10.6 Å². The first kappa shape index (κ1) is 15.2. The number of hydrogen-bond donors (Lipinski definition) is 2. The largest absolute Gasteiger partial charge is 0.455 e. The zero-order chi connectivity index (χ0) is 15.1. The summed E-state index contributed by atoms with van der Waals surface area (Å²) in [5.74, 6) is 1.23. The second kappa shape index (κ2) is 7.55. The molecule has 2 aromatic rings. The molecule has 0 atom stereocenters. The zero-order valence-electron chi connectivity index (χ0n) is 11.7. The van der Waals surface area contributed by atoms with Crippen LogP contribution in [-0.4, -0.2) is 12.6 Å². The molecule has 21 heavy (non-hydrogen) atoms. The number of rotatable bonds is 5. The predicted molar refractivity (Wildman–Crippen MR) is 85.3 cm³/mol. The minimum atomic E-state index is -0.281. The van der Waals surface area contributed by atoms with Crippen LogP contribution in [0.3, 0.4) is 0 Å². The van der Waals surface area contributed by atoms with Gasteiger partial charge in [-0.2, -0.15) is 0 Å². The third-order valence-corrected chi connectivity index (χ3v) is 2.93. The lowest BCUT2D eigenvalue weighted by Crippen LogP contribution is -2.29. The van der Waals surface area contributed by atoms with Crippen molar-refractivity contribution in [2.24, 2.45) is 0 Å². The first-order valence-electron chi connectivity index (χ1n) is 6.76. The summed E-state index contributed by atoms with van der Waals surface area (Å²) in [6.45, 7) is 2.60. The lowest BCUT2D eigenvalue weighted by Gasteiger charge is -2.13. The third kappa shape index (κ3) is 4.68. The molecular weight excluding hydrogens is 288 g/mol. The van der Waals surface area contributed by atoms with Gasteiger partial charge in [-0.05, 0) is 36.8 Å². The van der Waals surface area contributed by atoms with Crippen molar-refractivity contribution in [3.05, 3.63) is 53.6 Å². The van der Waals surface area contributed by atoms with Gasteiger partial charge in [0.05, 0.1) is 5.69 Å². The number of urea groups is 1. The normalized spacial score (nSPS) is 10.0. The Morgan fingerprint density at radius 3 is 2.67 bits per heavy atom. The van der Waals surface area contributed by atoms with Crippen molar-refractivity contribution in [1.82, 2.24) is 5.32 Å². The van der Waals surface area contributed by atoms with Gasteiger partial charge in [0.15, 0.2) is 5.75 Å². The summed E-state index contributed by atoms with van der Waals surface area (Å²) in [6, 6.07) is 14.2. The molecule has 0 unspecified atom stereocenters. The Morgan fingerprint density at radius 1 is 1.19 bits per heavy atom. The molecule has 0 saturated heterocycles. The first-order valence-corrected chi connectivity index (χ1v) is 7.14. The van der Waals surface area contributed by atoms with E-state index in [1.54, 1.807) is 18.2 Å². The van der Waals surface area contributed by atoms with E-state index in [-0.39, 0.29) is 6.03 Å². The van der Waals surface area contributed by atoms with Crippen LogP contribution in [-0.2, 0) is 0 Å². The maximum Gasteiger partial charge on any atom is 0.319 e. The molecule has 2 amide bonds. The van der Waals surface area contributed by atoms with Crippen molar-refractivity contribution in [2.75, 3.05) is 11.9 Å². The highest BCUT2D eigenvalue weighted by molar-refractivity contribution is 6.31. The molecule has 0 aliphatic rings. The second-order valence-electron chi connectivity index (χ2n) is 4.44. The number of carbonyl (C=O) groups is 1. The zero-order valence-corrected chi connectivity index (χ0v) is 12.5. The van der Waals surface area contributed by atoms with Crippen LogP contribution in [0.25, 0.3) is 0 Å². The minimum absolute atomic E-state index is 0.281. The van der Waals surface area contributed by atoms with E-state index in [9.17, 15) is 4.79 Å². The van der Waals surface area contributed by atoms with Gasteiger partial charge in [0.25, 0.3) is 0 Å². The molecule has 0 aliphatic carbocycles. The molecule has 4 nitrogen and oxygen atoms in total. The lowest BCUT2D eigenvalue weighted by molar-refractivity contribution is 0.252. The Kier molecular flexibility index (Phi) is 5.46. The van der Waals surface area contributed by atoms with Gasteiger partial charge in [0.1, 0.15) is 5.75 Å². The van der Waals surface area contributed by atoms with Gasteiger partial charge in [-0.15, -0.1) is 0 Å². The summed E-state index contributed by atoms with van der Waals surface area (Å²) in [5.41, 5.74) is 0.528. The van der Waals surface area contributed by atoms with E-state index >= 15 is 0 Å². The van der Waals surface area contributed by atoms with Crippen LogP contribution in [0.1, 0.15) is 13.3 Å². The van der Waals surface area contributed by atoms with E-state index in [1.165, 1.54) is 0 Å². The Labute approximate surface area is 129 Å². The van der Waals surface area contributed by atoms with Crippen molar-refractivity contribution in [2.45, 2.75) is 13.3 Å². The second-order valence-corrected chi connectivity index (χ2v) is 4.87. The Morgan fingerprint density at radius 2 is 1.95 bits per heavy atom. The fourth-order valence-corrected chi connectivity index (χ4v) is 1.88. The first-order chi connectivity index (χ1) is 10.2. The Hall–Kier alpha value is -2.20. The molecule has 2 aromatic carbocycles. The molecule has 0 aromatic heterocycles. The van der Waals surface area contributed by atoms with Crippen molar-refractivity contribution < 1.29 is 9.53 Å². The van der Waals surface area contributed by atoms with E-state index < -0.39 is 0 Å². The number of halogens is 1. The monoisotopic (exact) mass is 304 g/mol. The van der Waals surface area contributed by atoms with Gasteiger partial charge < -0.3 is 15.4 Å². The Bertz CT molecular complexity index is 602. The third-order valence-electron chi connectivity index (χ3n) is 2.70. The van der Waals surface area contributed by atoms with Crippen LogP contribution in [0.2, 0.25) is 5.02 Å². The number of para-hydroxylation sites is 1. The molecular formula is C16H17ClN2O2. The van der Waals surface area contributed by atoms with Crippen LogP contribution in [0.15, 0.2) is 48.5 Å². The molecule has 0 aliphatic heterocycles. The molecule has 0 heterocycles. The number of hydrogen-bond acceptors (Lipinski definition) is 2. The standard InChI is InChI=1S/C16H17ClN2O2/c1-2-10-18-16(20)19-14-11-12(17)8-9-15(14)21-13-6-4-3-5-7-13/h3-9,11H,2,10H2,1H3,(H2,18,19,20). The summed E-state index contributed by atoms with van der Waals surface area (Å²) in [4.78, 5) is 11.8. The Balaban J connectivity index is 2.15. The van der Waals surface area contributed by atoms with Gasteiger partial charge >= 0.3 is 6.03 Å². The topological polar surface area (TPSA) is 50.4 Å². The highest BCUT2D eigenvalue weighted by atomic mass is 35.5. The molecule has 110 valence electrons. The van der Waals surface area contributed by atoms with Crippen LogP contribution in [0, 0.1) is 0 Å². The van der Waals surface area contributed by atoms with Crippen LogP contribution < -0.4 is 15.4 Å². The maximum absolute atomic E-state index is 11.8. The van der Waals surface area contributed by atoms with Crippen molar-refractivity contribution in [3.8, 4) is 11.5 Å². The molecule has 5 heteroatoms. The molecule has 2 N–H and O–H groups in total. The molecule has 0 saturated carbocycles. The molecule has 0 radical (unpaired) electrons. The van der Waals surface area contributed by atoms with Crippen LogP contribution in [0.5, 0.6) is 11.5 Å². The SMILES string of the molecule is CCCNC(=O)Nc1cc(Cl)ccc1Oc1ccccc1. The minimum Gasteiger partial charge on any atom is -0.455 e. The van der Waals surface area contributed by atoms with E-state index in [4.69, 9.17) is 16.3 Å².